The maximum Gasteiger partial charge on any atom is 0.329 e. The number of urea groups is 1. The number of carboxylic acids is 1. The SMILES string of the molecule is O=C(O)CC[C@@H]1NC(=O)N(c2ccc(F)cc2)C1=O. The molecule has 0 unspecified atom stereocenters. The van der Waals surface area contributed by atoms with Crippen LogP contribution in [0.3, 0.4) is 0 Å². The second-order valence-corrected chi connectivity index (χ2v) is 4.08. The largest absolute Gasteiger partial charge is 0.481 e. The van der Waals surface area contributed by atoms with Crippen LogP contribution in [-0.2, 0) is 9.59 Å². The van der Waals surface area contributed by atoms with Crippen LogP contribution in [0.1, 0.15) is 12.8 Å². The fraction of sp³-hybridized carbons (Fsp3) is 0.250. The van der Waals surface area contributed by atoms with Crippen molar-refractivity contribution in [1.29, 1.82) is 0 Å². The summed E-state index contributed by atoms with van der Waals surface area (Å²) in [5.74, 6) is -2.04. The average molecular weight is 266 g/mol. The Hall–Kier alpha value is -2.44. The Bertz CT molecular complexity index is 529. The number of anilines is 1. The van der Waals surface area contributed by atoms with E-state index in [-0.39, 0.29) is 18.5 Å². The van der Waals surface area contributed by atoms with Crippen LogP contribution in [0.2, 0.25) is 0 Å². The van der Waals surface area contributed by atoms with E-state index in [9.17, 15) is 18.8 Å². The Morgan fingerprint density at radius 2 is 1.95 bits per heavy atom. The van der Waals surface area contributed by atoms with Crippen LogP contribution in [0, 0.1) is 5.82 Å². The highest BCUT2D eigenvalue weighted by Gasteiger charge is 2.38. The normalized spacial score (nSPS) is 18.6. The van der Waals surface area contributed by atoms with Gasteiger partial charge in [-0.25, -0.2) is 14.1 Å². The Labute approximate surface area is 107 Å². The molecule has 1 heterocycles. The first-order chi connectivity index (χ1) is 8.99. The summed E-state index contributed by atoms with van der Waals surface area (Å²) < 4.78 is 12.8. The second kappa shape index (κ2) is 5.05. The number of aliphatic carboxylic acids is 1. The van der Waals surface area contributed by atoms with Crippen molar-refractivity contribution in [3.63, 3.8) is 0 Å². The smallest absolute Gasteiger partial charge is 0.329 e. The van der Waals surface area contributed by atoms with Crippen LogP contribution in [0.15, 0.2) is 24.3 Å². The van der Waals surface area contributed by atoms with E-state index < -0.39 is 29.8 Å². The fourth-order valence-corrected chi connectivity index (χ4v) is 1.83. The molecule has 0 saturated carbocycles. The summed E-state index contributed by atoms with van der Waals surface area (Å²) in [6.45, 7) is 0. The summed E-state index contributed by atoms with van der Waals surface area (Å²) in [6.07, 6.45) is -0.189. The Morgan fingerprint density at radius 1 is 1.32 bits per heavy atom. The summed E-state index contributed by atoms with van der Waals surface area (Å²) in [5, 5.41) is 11.0. The van der Waals surface area contributed by atoms with Crippen molar-refractivity contribution in [2.45, 2.75) is 18.9 Å². The number of carbonyl (C=O) groups excluding carboxylic acids is 2. The van der Waals surface area contributed by atoms with E-state index in [2.05, 4.69) is 5.32 Å². The molecule has 1 fully saturated rings. The Balaban J connectivity index is 2.14. The molecule has 1 saturated heterocycles. The highest BCUT2D eigenvalue weighted by atomic mass is 19.1. The third-order valence-electron chi connectivity index (χ3n) is 2.75. The quantitative estimate of drug-likeness (QED) is 0.799. The topological polar surface area (TPSA) is 86.7 Å². The number of halogens is 1. The molecule has 1 aromatic carbocycles. The zero-order valence-electron chi connectivity index (χ0n) is 9.80. The van der Waals surface area contributed by atoms with Gasteiger partial charge in [0.1, 0.15) is 11.9 Å². The second-order valence-electron chi connectivity index (χ2n) is 4.08. The van der Waals surface area contributed by atoms with E-state index >= 15 is 0 Å². The monoisotopic (exact) mass is 266 g/mol. The summed E-state index contributed by atoms with van der Waals surface area (Å²) in [5.41, 5.74) is 0.252. The Kier molecular flexibility index (Phi) is 3.46. The van der Waals surface area contributed by atoms with Crippen molar-refractivity contribution in [3.05, 3.63) is 30.1 Å². The van der Waals surface area contributed by atoms with Gasteiger partial charge in [0.25, 0.3) is 5.91 Å². The van der Waals surface area contributed by atoms with Crippen molar-refractivity contribution in [2.75, 3.05) is 4.90 Å². The molecule has 0 radical (unpaired) electrons. The fourth-order valence-electron chi connectivity index (χ4n) is 1.83. The van der Waals surface area contributed by atoms with Crippen molar-refractivity contribution in [3.8, 4) is 0 Å². The lowest BCUT2D eigenvalue weighted by molar-refractivity contribution is -0.137. The standard InChI is InChI=1S/C12H11FN2O4/c13-7-1-3-8(4-2-7)15-11(18)9(14-12(15)19)5-6-10(16)17/h1-4,9H,5-6H2,(H,14,19)(H,16,17)/t9-/m0/s1. The van der Waals surface area contributed by atoms with Crippen LogP contribution in [0.4, 0.5) is 14.9 Å². The van der Waals surface area contributed by atoms with Gasteiger partial charge in [0.05, 0.1) is 5.69 Å². The summed E-state index contributed by atoms with van der Waals surface area (Å²) in [7, 11) is 0. The van der Waals surface area contributed by atoms with E-state index in [1.54, 1.807) is 0 Å². The van der Waals surface area contributed by atoms with E-state index in [0.29, 0.717) is 0 Å². The first-order valence-electron chi connectivity index (χ1n) is 5.61. The molecular weight excluding hydrogens is 255 g/mol. The minimum absolute atomic E-state index is 0.0254. The number of carboxylic acid groups (broad SMARTS) is 1. The lowest BCUT2D eigenvalue weighted by Crippen LogP contribution is -2.31. The third-order valence-corrected chi connectivity index (χ3v) is 2.75. The zero-order chi connectivity index (χ0) is 14.0. The minimum atomic E-state index is -1.04. The van der Waals surface area contributed by atoms with Gasteiger partial charge in [0.2, 0.25) is 0 Å². The van der Waals surface area contributed by atoms with Gasteiger partial charge in [-0.15, -0.1) is 0 Å². The summed E-state index contributed by atoms with van der Waals surface area (Å²) >= 11 is 0. The Morgan fingerprint density at radius 3 is 2.53 bits per heavy atom. The molecule has 1 aliphatic heterocycles. The molecule has 6 nitrogen and oxygen atoms in total. The van der Waals surface area contributed by atoms with Gasteiger partial charge >= 0.3 is 12.0 Å². The maximum atomic E-state index is 12.8. The molecule has 2 N–H and O–H groups in total. The molecule has 2 rings (SSSR count). The van der Waals surface area contributed by atoms with Gasteiger partial charge in [0.15, 0.2) is 0 Å². The molecule has 7 heteroatoms. The highest BCUT2D eigenvalue weighted by molar-refractivity contribution is 6.21. The van der Waals surface area contributed by atoms with Crippen molar-refractivity contribution < 1.29 is 23.9 Å². The molecule has 19 heavy (non-hydrogen) atoms. The van der Waals surface area contributed by atoms with E-state index in [1.807, 2.05) is 0 Å². The van der Waals surface area contributed by atoms with Gasteiger partial charge in [-0.1, -0.05) is 0 Å². The predicted octanol–water partition coefficient (Wildman–Crippen LogP) is 1.12. The molecule has 1 aliphatic rings. The number of nitrogens with zero attached hydrogens (tertiary/aromatic N) is 1. The predicted molar refractivity (Wildman–Crippen MR) is 63.1 cm³/mol. The summed E-state index contributed by atoms with van der Waals surface area (Å²) in [4.78, 5) is 35.0. The lowest BCUT2D eigenvalue weighted by Gasteiger charge is -2.12. The number of hydrogen-bond donors (Lipinski definition) is 2. The van der Waals surface area contributed by atoms with Crippen molar-refractivity contribution >= 4 is 23.6 Å². The number of hydrogen-bond acceptors (Lipinski definition) is 3. The van der Waals surface area contributed by atoms with Gasteiger partial charge in [0, 0.05) is 6.42 Å². The molecule has 1 atom stereocenters. The van der Waals surface area contributed by atoms with Crippen LogP contribution < -0.4 is 10.2 Å². The molecule has 0 spiro atoms. The molecule has 3 amide bonds. The number of imide groups is 1. The number of amides is 3. The number of carbonyl (C=O) groups is 3. The van der Waals surface area contributed by atoms with Gasteiger partial charge in [-0.2, -0.15) is 0 Å². The molecule has 1 aromatic rings. The van der Waals surface area contributed by atoms with E-state index in [1.165, 1.54) is 12.1 Å². The van der Waals surface area contributed by atoms with Gasteiger partial charge in [-0.05, 0) is 30.7 Å². The van der Waals surface area contributed by atoms with Crippen LogP contribution >= 0.6 is 0 Å². The maximum absolute atomic E-state index is 12.8. The van der Waals surface area contributed by atoms with E-state index in [0.717, 1.165) is 17.0 Å². The average Bonchev–Trinajstić information content (AvgIpc) is 2.63. The first-order valence-corrected chi connectivity index (χ1v) is 5.61. The van der Waals surface area contributed by atoms with Crippen molar-refractivity contribution in [2.24, 2.45) is 0 Å². The van der Waals surface area contributed by atoms with Crippen LogP contribution in [0.5, 0.6) is 0 Å². The molecular formula is C12H11FN2O4. The van der Waals surface area contributed by atoms with Crippen molar-refractivity contribution in [1.82, 2.24) is 5.32 Å². The molecule has 0 bridgehead atoms. The van der Waals surface area contributed by atoms with Gasteiger partial charge in [-0.3, -0.25) is 9.59 Å². The number of rotatable bonds is 4. The lowest BCUT2D eigenvalue weighted by atomic mass is 10.1. The van der Waals surface area contributed by atoms with Gasteiger partial charge < -0.3 is 10.4 Å². The minimum Gasteiger partial charge on any atom is -0.481 e. The first kappa shape index (κ1) is 13.0. The molecule has 0 aromatic heterocycles. The highest BCUT2D eigenvalue weighted by Crippen LogP contribution is 2.21. The zero-order valence-corrected chi connectivity index (χ0v) is 9.80. The molecule has 0 aliphatic carbocycles. The van der Waals surface area contributed by atoms with Crippen LogP contribution in [-0.4, -0.2) is 29.1 Å². The molecule has 100 valence electrons. The summed E-state index contributed by atoms with van der Waals surface area (Å²) in [6, 6.07) is 3.42. The number of benzene rings is 1. The number of nitrogens with one attached hydrogen (secondary N) is 1. The van der Waals surface area contributed by atoms with Crippen LogP contribution in [0.25, 0.3) is 0 Å². The van der Waals surface area contributed by atoms with E-state index in [4.69, 9.17) is 5.11 Å². The third kappa shape index (κ3) is 2.70.